The Bertz CT molecular complexity index is 1090. The van der Waals surface area contributed by atoms with Crippen LogP contribution in [0.4, 0.5) is 0 Å². The zero-order chi connectivity index (χ0) is 35.6. The molecule has 0 radical (unpaired) electrons. The molecule has 47 heavy (non-hydrogen) atoms. The molecule has 272 valence electrons. The Balaban J connectivity index is 1.97. The van der Waals surface area contributed by atoms with Crippen molar-refractivity contribution < 1.29 is 38.4 Å². The van der Waals surface area contributed by atoms with Gasteiger partial charge in [-0.15, -0.1) is 0 Å². The highest BCUT2D eigenvalue weighted by Crippen LogP contribution is 2.39. The van der Waals surface area contributed by atoms with Crippen LogP contribution in [-0.4, -0.2) is 159 Å². The summed E-state index contributed by atoms with van der Waals surface area (Å²) in [5, 5.41) is 11.3. The number of likely N-dealkylation sites (N-methyl/N-ethyl adjacent to an activating group) is 3. The summed E-state index contributed by atoms with van der Waals surface area (Å²) in [5.41, 5.74) is -2.94. The molecule has 3 heterocycles. The second-order valence-corrected chi connectivity index (χ2v) is 15.9. The third-order valence-electron chi connectivity index (χ3n) is 11.4. The summed E-state index contributed by atoms with van der Waals surface area (Å²) >= 11 is 0. The summed E-state index contributed by atoms with van der Waals surface area (Å²) in [4.78, 5) is 49.3. The molecule has 3 rings (SSSR count). The second kappa shape index (κ2) is 15.5. The summed E-state index contributed by atoms with van der Waals surface area (Å²) in [6.07, 6.45) is -0.500. The minimum atomic E-state index is -1.47. The predicted octanol–water partition coefficient (Wildman–Crippen LogP) is 2.26. The lowest BCUT2D eigenvalue weighted by Gasteiger charge is -2.49. The van der Waals surface area contributed by atoms with E-state index in [1.165, 1.54) is 0 Å². The van der Waals surface area contributed by atoms with Crippen LogP contribution in [0.25, 0.3) is 0 Å². The van der Waals surface area contributed by atoms with Crippen molar-refractivity contribution in [2.75, 3.05) is 68.6 Å². The van der Waals surface area contributed by atoms with Crippen LogP contribution in [-0.2, 0) is 33.3 Å². The molecule has 0 aromatic rings. The van der Waals surface area contributed by atoms with Crippen LogP contribution in [0.3, 0.4) is 0 Å². The second-order valence-electron chi connectivity index (χ2n) is 15.9. The zero-order valence-corrected chi connectivity index (χ0v) is 31.4. The van der Waals surface area contributed by atoms with Crippen LogP contribution in [0.5, 0.6) is 0 Å². The molecule has 3 fully saturated rings. The van der Waals surface area contributed by atoms with Gasteiger partial charge in [0.1, 0.15) is 18.1 Å². The summed E-state index contributed by atoms with van der Waals surface area (Å²) < 4.78 is 25.1. The number of esters is 1. The van der Waals surface area contributed by atoms with Gasteiger partial charge in [-0.25, -0.2) is 0 Å². The number of hydrogen-bond donors (Lipinski definition) is 1. The number of ketones is 1. The van der Waals surface area contributed by atoms with Gasteiger partial charge in [0, 0.05) is 38.7 Å². The number of nitrogens with zero attached hydrogens (tertiary/aromatic N) is 4. The Morgan fingerprint density at radius 3 is 2.19 bits per heavy atom. The smallest absolute Gasteiger partial charge is 0.319 e. The monoisotopic (exact) mass is 668 g/mol. The fourth-order valence-corrected chi connectivity index (χ4v) is 7.78. The van der Waals surface area contributed by atoms with E-state index in [2.05, 4.69) is 18.9 Å². The lowest BCUT2D eigenvalue weighted by atomic mass is 9.74. The van der Waals surface area contributed by atoms with E-state index in [1.54, 1.807) is 27.9 Å². The van der Waals surface area contributed by atoms with Gasteiger partial charge in [-0.1, -0.05) is 13.8 Å². The van der Waals surface area contributed by atoms with Crippen LogP contribution < -0.4 is 0 Å². The average Bonchev–Trinajstić information content (AvgIpc) is 3.01. The molecule has 1 N–H and O–H groups in total. The van der Waals surface area contributed by atoms with Gasteiger partial charge in [-0.05, 0) is 101 Å². The van der Waals surface area contributed by atoms with Gasteiger partial charge in [0.05, 0.1) is 29.4 Å². The number of ether oxygens (including phenoxy) is 4. The van der Waals surface area contributed by atoms with E-state index in [9.17, 15) is 19.5 Å². The molecule has 3 saturated heterocycles. The highest BCUT2D eigenvalue weighted by Gasteiger charge is 2.52. The van der Waals surface area contributed by atoms with Crippen molar-refractivity contribution in [3.05, 3.63) is 0 Å². The molecule has 0 bridgehead atoms. The van der Waals surface area contributed by atoms with Crippen molar-refractivity contribution in [2.24, 2.45) is 17.3 Å². The third-order valence-corrected chi connectivity index (χ3v) is 11.4. The molecule has 12 nitrogen and oxygen atoms in total. The Kier molecular flexibility index (Phi) is 13.1. The zero-order valence-electron chi connectivity index (χ0n) is 31.4. The van der Waals surface area contributed by atoms with Gasteiger partial charge in [-0.3, -0.25) is 24.2 Å². The maximum Gasteiger partial charge on any atom is 0.319 e. The molecular formula is C35H64N4O8. The fraction of sp³-hybridized carbons (Fsp3) is 0.914. The van der Waals surface area contributed by atoms with Gasteiger partial charge in [0.2, 0.25) is 5.91 Å². The molecule has 3 aliphatic rings. The van der Waals surface area contributed by atoms with Crippen LogP contribution >= 0.6 is 0 Å². The van der Waals surface area contributed by atoms with Gasteiger partial charge in [0.25, 0.3) is 0 Å². The summed E-state index contributed by atoms with van der Waals surface area (Å²) in [5.74, 6) is -1.55. The van der Waals surface area contributed by atoms with E-state index in [1.807, 2.05) is 63.7 Å². The van der Waals surface area contributed by atoms with Crippen molar-refractivity contribution in [3.8, 4) is 0 Å². The first-order valence-corrected chi connectivity index (χ1v) is 17.3. The maximum atomic E-state index is 14.3. The summed E-state index contributed by atoms with van der Waals surface area (Å²) in [6, 6.07) is -0.422. The highest BCUT2D eigenvalue weighted by molar-refractivity contribution is 6.04. The largest absolute Gasteiger partial charge is 0.463 e. The molecule has 0 aromatic heterocycles. The Morgan fingerprint density at radius 2 is 1.66 bits per heavy atom. The Morgan fingerprint density at radius 1 is 1.06 bits per heavy atom. The fourth-order valence-electron chi connectivity index (χ4n) is 7.78. The highest BCUT2D eigenvalue weighted by atomic mass is 16.7. The van der Waals surface area contributed by atoms with Gasteiger partial charge >= 0.3 is 5.97 Å². The number of piperidine rings is 1. The minimum Gasteiger partial charge on any atom is -0.463 e. The van der Waals surface area contributed by atoms with E-state index in [0.717, 1.165) is 0 Å². The molecule has 9 atom stereocenters. The number of amides is 1. The molecule has 0 aliphatic carbocycles. The Labute approximate surface area is 283 Å². The molecule has 12 heteroatoms. The number of aliphatic hydroxyl groups excluding tert-OH is 1. The minimum absolute atomic E-state index is 0.0822. The van der Waals surface area contributed by atoms with Crippen molar-refractivity contribution in [1.29, 1.82) is 0 Å². The lowest BCUT2D eigenvalue weighted by Crippen LogP contribution is -2.60. The van der Waals surface area contributed by atoms with E-state index >= 15 is 0 Å². The predicted molar refractivity (Wildman–Crippen MR) is 180 cm³/mol. The van der Waals surface area contributed by atoms with Crippen LogP contribution in [0, 0.1) is 17.3 Å². The first-order chi connectivity index (χ1) is 21.7. The molecule has 0 unspecified atom stereocenters. The quantitative estimate of drug-likeness (QED) is 0.332. The molecule has 0 saturated carbocycles. The van der Waals surface area contributed by atoms with Gasteiger partial charge in [-0.2, -0.15) is 0 Å². The van der Waals surface area contributed by atoms with Crippen molar-refractivity contribution in [2.45, 2.75) is 122 Å². The number of carbonyl (C=O) groups excluding carboxylic acids is 3. The molecule has 1 amide bonds. The number of hydrogen-bond acceptors (Lipinski definition) is 11. The van der Waals surface area contributed by atoms with Crippen molar-refractivity contribution >= 4 is 17.7 Å². The maximum absolute atomic E-state index is 14.3. The molecule has 1 spiro atoms. The topological polar surface area (TPSA) is 121 Å². The number of cyclic esters (lactones) is 1. The molecular weight excluding hydrogens is 604 g/mol. The van der Waals surface area contributed by atoms with Crippen LogP contribution in [0.1, 0.15) is 74.1 Å². The van der Waals surface area contributed by atoms with Gasteiger partial charge < -0.3 is 33.9 Å². The van der Waals surface area contributed by atoms with Crippen molar-refractivity contribution in [3.63, 3.8) is 0 Å². The van der Waals surface area contributed by atoms with Crippen LogP contribution in [0.2, 0.25) is 0 Å². The summed E-state index contributed by atoms with van der Waals surface area (Å²) in [6.45, 7) is 14.8. The average molecular weight is 669 g/mol. The van der Waals surface area contributed by atoms with E-state index in [0.29, 0.717) is 45.3 Å². The normalized spacial score (nSPS) is 36.9. The van der Waals surface area contributed by atoms with E-state index in [4.69, 9.17) is 18.9 Å². The number of likely N-dealkylation sites (tertiary alicyclic amines) is 1. The number of aliphatic hydroxyl groups is 1. The lowest BCUT2D eigenvalue weighted by molar-refractivity contribution is -0.295. The first-order valence-electron chi connectivity index (χ1n) is 17.3. The number of Topliss-reactive ketones (excluding diaryl/α,β-unsaturated/α-hetero) is 1. The standard InChI is InChI=1S/C35H64N4O8/c1-22-19-34(7,44-13)29(47-31-27(40)26(37(10)11)18-23(2)46-31)24(3)28(41)33(5,6)32(43)45-21-35(38(12)20-22)14-16-39(17-15-35)30(42)25(4)36(8)9/h22-27,29,31,40H,14-21H2,1-13H3/t22-,23-,24+,25-,26+,27-,29-,31+,34-/m1/s1. The molecule has 3 aliphatic heterocycles. The van der Waals surface area contributed by atoms with E-state index in [-0.39, 0.29) is 42.4 Å². The number of rotatable bonds is 6. The van der Waals surface area contributed by atoms with Gasteiger partial charge in [0.15, 0.2) is 12.1 Å². The van der Waals surface area contributed by atoms with Crippen LogP contribution in [0.15, 0.2) is 0 Å². The number of methoxy groups -OCH3 is 1. The molecule has 0 aromatic carbocycles. The summed E-state index contributed by atoms with van der Waals surface area (Å²) in [7, 11) is 11.3. The Hall–Kier alpha value is -1.67. The van der Waals surface area contributed by atoms with E-state index < -0.39 is 46.9 Å². The third kappa shape index (κ3) is 8.56. The first kappa shape index (κ1) is 39.8. The number of carbonyl (C=O) groups is 3. The SMILES string of the molecule is CO[C@]1(C)C[C@@H](C)CN(C)C2(CCN(C(=O)[C@@H](C)N(C)C)CC2)COC(=O)C(C)(C)C(=O)[C@H](C)[C@H]1O[C@@H]1O[C@H](C)C[C@H](N(C)C)[C@H]1O. The van der Waals surface area contributed by atoms with Crippen molar-refractivity contribution in [1.82, 2.24) is 19.6 Å².